The maximum Gasteiger partial charge on any atom is 0.0375 e. The Morgan fingerprint density at radius 1 is 0.944 bits per heavy atom. The first-order valence-electron chi connectivity index (χ1n) is 7.58. The summed E-state index contributed by atoms with van der Waals surface area (Å²) in [5.41, 5.74) is 5.81. The van der Waals surface area contributed by atoms with Crippen LogP contribution in [0.3, 0.4) is 0 Å². The molecule has 1 fully saturated rings. The standard InChI is InChI=1S/C17H25N/c1-12-8-15-10-16(14-6-4-3-5-7-14)11-18-17(15)9-13(12)2/h8-9,14,16,18H,3-7,10-11H2,1-2H3. The maximum atomic E-state index is 3.68. The largest absolute Gasteiger partial charge is 0.385 e. The summed E-state index contributed by atoms with van der Waals surface area (Å²) < 4.78 is 0. The molecule has 0 saturated heterocycles. The van der Waals surface area contributed by atoms with Gasteiger partial charge in [-0.25, -0.2) is 0 Å². The first-order valence-corrected chi connectivity index (χ1v) is 7.58. The van der Waals surface area contributed by atoms with Crippen LogP contribution >= 0.6 is 0 Å². The molecule has 1 nitrogen and oxygen atoms in total. The Morgan fingerprint density at radius 2 is 1.67 bits per heavy atom. The monoisotopic (exact) mass is 243 g/mol. The van der Waals surface area contributed by atoms with Gasteiger partial charge in [0.15, 0.2) is 0 Å². The number of anilines is 1. The molecule has 0 spiro atoms. The van der Waals surface area contributed by atoms with Crippen molar-refractivity contribution >= 4 is 5.69 Å². The number of benzene rings is 1. The molecular weight excluding hydrogens is 218 g/mol. The zero-order valence-electron chi connectivity index (χ0n) is 11.8. The minimum atomic E-state index is 0.875. The quantitative estimate of drug-likeness (QED) is 0.767. The molecular formula is C17H25N. The third-order valence-electron chi connectivity index (χ3n) is 5.07. The van der Waals surface area contributed by atoms with Gasteiger partial charge >= 0.3 is 0 Å². The lowest BCUT2D eigenvalue weighted by molar-refractivity contribution is 0.252. The van der Waals surface area contributed by atoms with E-state index in [-0.39, 0.29) is 0 Å². The van der Waals surface area contributed by atoms with Gasteiger partial charge in [-0.3, -0.25) is 0 Å². The van der Waals surface area contributed by atoms with E-state index >= 15 is 0 Å². The van der Waals surface area contributed by atoms with E-state index < -0.39 is 0 Å². The summed E-state index contributed by atoms with van der Waals surface area (Å²) in [4.78, 5) is 0. The molecule has 0 aromatic heterocycles. The van der Waals surface area contributed by atoms with Gasteiger partial charge in [-0.15, -0.1) is 0 Å². The van der Waals surface area contributed by atoms with Crippen LogP contribution in [-0.4, -0.2) is 6.54 Å². The van der Waals surface area contributed by atoms with Gasteiger partial charge in [-0.2, -0.15) is 0 Å². The first kappa shape index (κ1) is 12.1. The molecule has 2 aliphatic rings. The molecule has 1 heterocycles. The van der Waals surface area contributed by atoms with E-state index in [2.05, 4.69) is 31.3 Å². The number of nitrogens with one attached hydrogen (secondary N) is 1. The molecule has 0 radical (unpaired) electrons. The Labute approximate surface area is 111 Å². The number of fused-ring (bicyclic) bond motifs is 1. The van der Waals surface area contributed by atoms with Crippen LogP contribution in [-0.2, 0) is 6.42 Å². The second kappa shape index (κ2) is 4.95. The van der Waals surface area contributed by atoms with Crippen LogP contribution in [0.5, 0.6) is 0 Å². The van der Waals surface area contributed by atoms with Crippen LogP contribution < -0.4 is 5.32 Å². The van der Waals surface area contributed by atoms with Crippen LogP contribution in [0.1, 0.15) is 48.8 Å². The lowest BCUT2D eigenvalue weighted by atomic mass is 9.75. The zero-order valence-corrected chi connectivity index (χ0v) is 11.8. The normalized spacial score (nSPS) is 24.4. The number of hydrogen-bond donors (Lipinski definition) is 1. The van der Waals surface area contributed by atoms with E-state index in [1.807, 2.05) is 0 Å². The fourth-order valence-corrected chi connectivity index (χ4v) is 3.74. The second-order valence-electron chi connectivity index (χ2n) is 6.34. The second-order valence-corrected chi connectivity index (χ2v) is 6.34. The first-order chi connectivity index (χ1) is 8.74. The fourth-order valence-electron chi connectivity index (χ4n) is 3.74. The van der Waals surface area contributed by atoms with Crippen LogP contribution in [0.15, 0.2) is 12.1 Å². The molecule has 1 aliphatic carbocycles. The Kier molecular flexibility index (Phi) is 3.32. The van der Waals surface area contributed by atoms with E-state index in [4.69, 9.17) is 0 Å². The van der Waals surface area contributed by atoms with Gasteiger partial charge in [0.25, 0.3) is 0 Å². The van der Waals surface area contributed by atoms with E-state index in [9.17, 15) is 0 Å². The molecule has 18 heavy (non-hydrogen) atoms. The molecule has 3 rings (SSSR count). The van der Waals surface area contributed by atoms with Crippen molar-refractivity contribution in [1.29, 1.82) is 0 Å². The molecule has 1 saturated carbocycles. The molecule has 1 heteroatoms. The van der Waals surface area contributed by atoms with Crippen molar-refractivity contribution < 1.29 is 0 Å². The molecule has 1 aromatic carbocycles. The summed E-state index contributed by atoms with van der Waals surface area (Å²) in [5.74, 6) is 1.85. The molecule has 0 bridgehead atoms. The topological polar surface area (TPSA) is 12.0 Å². The Balaban J connectivity index is 1.77. The van der Waals surface area contributed by atoms with E-state index in [0.717, 1.165) is 11.8 Å². The Bertz CT molecular complexity index is 429. The van der Waals surface area contributed by atoms with Gasteiger partial charge < -0.3 is 5.32 Å². The fraction of sp³-hybridized carbons (Fsp3) is 0.647. The molecule has 98 valence electrons. The summed E-state index contributed by atoms with van der Waals surface area (Å²) in [5, 5.41) is 3.68. The molecule has 1 aromatic rings. The van der Waals surface area contributed by atoms with Crippen LogP contribution in [0.2, 0.25) is 0 Å². The lowest BCUT2D eigenvalue weighted by Gasteiger charge is -2.35. The van der Waals surface area contributed by atoms with E-state index in [0.29, 0.717) is 0 Å². The van der Waals surface area contributed by atoms with Crippen molar-refractivity contribution in [3.05, 3.63) is 28.8 Å². The van der Waals surface area contributed by atoms with Crippen LogP contribution in [0, 0.1) is 25.7 Å². The highest BCUT2D eigenvalue weighted by Gasteiger charge is 2.27. The van der Waals surface area contributed by atoms with Gasteiger partial charge in [-0.05, 0) is 54.9 Å². The van der Waals surface area contributed by atoms with Gasteiger partial charge in [0.1, 0.15) is 0 Å². The molecule has 0 amide bonds. The van der Waals surface area contributed by atoms with Crippen LogP contribution in [0.4, 0.5) is 5.69 Å². The maximum absolute atomic E-state index is 3.68. The van der Waals surface area contributed by atoms with Gasteiger partial charge in [-0.1, -0.05) is 38.2 Å². The third kappa shape index (κ3) is 2.28. The average Bonchev–Trinajstić information content (AvgIpc) is 2.41. The van der Waals surface area contributed by atoms with Crippen molar-refractivity contribution in [3.63, 3.8) is 0 Å². The van der Waals surface area contributed by atoms with Crippen LogP contribution in [0.25, 0.3) is 0 Å². The van der Waals surface area contributed by atoms with E-state index in [1.54, 1.807) is 5.56 Å². The smallest absolute Gasteiger partial charge is 0.0375 e. The minimum Gasteiger partial charge on any atom is -0.385 e. The predicted octanol–water partition coefficient (Wildman–Crippen LogP) is 4.47. The van der Waals surface area contributed by atoms with Gasteiger partial charge in [0.2, 0.25) is 0 Å². The highest BCUT2D eigenvalue weighted by molar-refractivity contribution is 5.57. The number of aryl methyl sites for hydroxylation is 2. The van der Waals surface area contributed by atoms with Crippen molar-refractivity contribution in [2.75, 3.05) is 11.9 Å². The molecule has 1 aliphatic heterocycles. The minimum absolute atomic E-state index is 0.875. The molecule has 1 atom stereocenters. The van der Waals surface area contributed by atoms with Crippen molar-refractivity contribution in [1.82, 2.24) is 0 Å². The zero-order chi connectivity index (χ0) is 12.5. The average molecular weight is 243 g/mol. The van der Waals surface area contributed by atoms with Gasteiger partial charge in [0.05, 0.1) is 0 Å². The highest BCUT2D eigenvalue weighted by atomic mass is 14.9. The molecule has 1 N–H and O–H groups in total. The van der Waals surface area contributed by atoms with Crippen molar-refractivity contribution in [3.8, 4) is 0 Å². The summed E-state index contributed by atoms with van der Waals surface area (Å²) in [7, 11) is 0. The third-order valence-corrected chi connectivity index (χ3v) is 5.07. The summed E-state index contributed by atoms with van der Waals surface area (Å²) in [6.07, 6.45) is 8.61. The number of rotatable bonds is 1. The van der Waals surface area contributed by atoms with Crippen molar-refractivity contribution in [2.24, 2.45) is 11.8 Å². The van der Waals surface area contributed by atoms with Gasteiger partial charge in [0, 0.05) is 12.2 Å². The lowest BCUT2D eigenvalue weighted by Crippen LogP contribution is -2.30. The predicted molar refractivity (Wildman–Crippen MR) is 78.2 cm³/mol. The molecule has 1 unspecified atom stereocenters. The highest BCUT2D eigenvalue weighted by Crippen LogP contribution is 2.36. The SMILES string of the molecule is Cc1cc2c(cc1C)NCC(C1CCCCC1)C2. The summed E-state index contributed by atoms with van der Waals surface area (Å²) in [6, 6.07) is 4.74. The number of hydrogen-bond acceptors (Lipinski definition) is 1. The van der Waals surface area contributed by atoms with E-state index in [1.165, 1.54) is 61.9 Å². The Hall–Kier alpha value is -0.980. The Morgan fingerprint density at radius 3 is 2.44 bits per heavy atom. The van der Waals surface area contributed by atoms with Crippen molar-refractivity contribution in [2.45, 2.75) is 52.4 Å². The summed E-state index contributed by atoms with van der Waals surface area (Å²) in [6.45, 7) is 5.64. The summed E-state index contributed by atoms with van der Waals surface area (Å²) >= 11 is 0.